The third-order valence-corrected chi connectivity index (χ3v) is 3.96. The molecule has 1 aromatic carbocycles. The molecule has 8 nitrogen and oxygen atoms in total. The normalized spacial score (nSPS) is 10.4. The molecule has 3 rings (SSSR count). The van der Waals surface area contributed by atoms with Gasteiger partial charge in [0.25, 0.3) is 11.8 Å². The summed E-state index contributed by atoms with van der Waals surface area (Å²) in [6, 6.07) is 8.50. The molecule has 0 saturated heterocycles. The van der Waals surface area contributed by atoms with Crippen LogP contribution in [0, 0.1) is 3.57 Å². The van der Waals surface area contributed by atoms with Crippen molar-refractivity contribution in [1.82, 2.24) is 20.0 Å². The SMILES string of the molecule is Cn1ccc(C(=O)Nc2cccc(NC(=O)c3[nH]ncc3I)c2)n1. The zero-order chi connectivity index (χ0) is 17.1. The molecule has 3 N–H and O–H groups in total. The number of carbonyl (C=O) groups excluding carboxylic acids is 2. The average Bonchev–Trinajstić information content (AvgIpc) is 3.16. The number of nitrogens with one attached hydrogen (secondary N) is 3. The van der Waals surface area contributed by atoms with Gasteiger partial charge < -0.3 is 10.6 Å². The van der Waals surface area contributed by atoms with Crippen LogP contribution in [0.25, 0.3) is 0 Å². The highest BCUT2D eigenvalue weighted by Crippen LogP contribution is 2.17. The van der Waals surface area contributed by atoms with E-state index in [9.17, 15) is 9.59 Å². The van der Waals surface area contributed by atoms with E-state index < -0.39 is 0 Å². The van der Waals surface area contributed by atoms with Crippen molar-refractivity contribution in [2.75, 3.05) is 10.6 Å². The van der Waals surface area contributed by atoms with Crippen LogP contribution in [0.2, 0.25) is 0 Å². The van der Waals surface area contributed by atoms with Crippen LogP contribution in [-0.2, 0) is 7.05 Å². The number of amides is 2. The van der Waals surface area contributed by atoms with Gasteiger partial charge in [0, 0.05) is 24.6 Å². The molecule has 0 saturated carbocycles. The van der Waals surface area contributed by atoms with Crippen LogP contribution >= 0.6 is 22.6 Å². The zero-order valence-corrected chi connectivity index (χ0v) is 14.7. The third-order valence-electron chi connectivity index (χ3n) is 3.14. The van der Waals surface area contributed by atoms with Gasteiger partial charge in [0.05, 0.1) is 9.77 Å². The quantitative estimate of drug-likeness (QED) is 0.546. The Morgan fingerprint density at radius 3 is 2.46 bits per heavy atom. The highest BCUT2D eigenvalue weighted by atomic mass is 127. The summed E-state index contributed by atoms with van der Waals surface area (Å²) < 4.78 is 2.28. The molecule has 3 aromatic rings. The Hall–Kier alpha value is -2.69. The molecule has 2 heterocycles. The number of H-pyrrole nitrogens is 1. The summed E-state index contributed by atoms with van der Waals surface area (Å²) in [7, 11) is 1.74. The van der Waals surface area contributed by atoms with Crippen molar-refractivity contribution in [3.05, 3.63) is 57.7 Å². The van der Waals surface area contributed by atoms with Crippen molar-refractivity contribution in [2.45, 2.75) is 0 Å². The molecule has 2 aromatic heterocycles. The number of nitrogens with zero attached hydrogens (tertiary/aromatic N) is 3. The van der Waals surface area contributed by atoms with Crippen molar-refractivity contribution >= 4 is 45.8 Å². The van der Waals surface area contributed by atoms with Crippen molar-refractivity contribution in [2.24, 2.45) is 7.05 Å². The molecule has 0 aliphatic rings. The minimum Gasteiger partial charge on any atom is -0.321 e. The van der Waals surface area contributed by atoms with Gasteiger partial charge in [-0.15, -0.1) is 0 Å². The van der Waals surface area contributed by atoms with E-state index in [1.807, 2.05) is 22.6 Å². The number of aromatic amines is 1. The first-order valence-corrected chi connectivity index (χ1v) is 8.02. The number of hydrogen-bond donors (Lipinski definition) is 3. The number of aryl methyl sites for hydroxylation is 1. The first-order valence-electron chi connectivity index (χ1n) is 6.94. The van der Waals surface area contributed by atoms with E-state index in [-0.39, 0.29) is 11.8 Å². The fourth-order valence-corrected chi connectivity index (χ4v) is 2.54. The van der Waals surface area contributed by atoms with Gasteiger partial charge in [-0.25, -0.2) is 0 Å². The summed E-state index contributed by atoms with van der Waals surface area (Å²) in [6.07, 6.45) is 3.26. The molecule has 0 aliphatic carbocycles. The predicted molar refractivity (Wildman–Crippen MR) is 96.9 cm³/mol. The van der Waals surface area contributed by atoms with Crippen LogP contribution in [0.1, 0.15) is 21.0 Å². The molecule has 0 bridgehead atoms. The molecule has 0 aliphatic heterocycles. The summed E-state index contributed by atoms with van der Waals surface area (Å²) in [6.45, 7) is 0. The Morgan fingerprint density at radius 2 is 1.88 bits per heavy atom. The molecule has 0 radical (unpaired) electrons. The Labute approximate surface area is 150 Å². The number of carbonyl (C=O) groups is 2. The van der Waals surface area contributed by atoms with Crippen molar-refractivity contribution in [3.63, 3.8) is 0 Å². The fraction of sp³-hybridized carbons (Fsp3) is 0.0667. The lowest BCUT2D eigenvalue weighted by molar-refractivity contribution is 0.101. The van der Waals surface area contributed by atoms with Gasteiger partial charge in [-0.05, 0) is 46.9 Å². The topological polar surface area (TPSA) is 105 Å². The highest BCUT2D eigenvalue weighted by molar-refractivity contribution is 14.1. The Bertz CT molecular complexity index is 901. The number of aromatic nitrogens is 4. The van der Waals surface area contributed by atoms with Gasteiger partial charge >= 0.3 is 0 Å². The lowest BCUT2D eigenvalue weighted by Crippen LogP contribution is -2.15. The predicted octanol–water partition coefficient (Wildman–Crippen LogP) is 2.25. The van der Waals surface area contributed by atoms with Gasteiger partial charge in [0.1, 0.15) is 5.69 Å². The van der Waals surface area contributed by atoms with Crippen LogP contribution in [0.5, 0.6) is 0 Å². The molecule has 2 amide bonds. The maximum absolute atomic E-state index is 12.2. The van der Waals surface area contributed by atoms with Crippen molar-refractivity contribution in [3.8, 4) is 0 Å². The van der Waals surface area contributed by atoms with E-state index in [0.717, 1.165) is 3.57 Å². The summed E-state index contributed by atoms with van der Waals surface area (Å²) in [5.41, 5.74) is 1.82. The second-order valence-electron chi connectivity index (χ2n) is 4.96. The van der Waals surface area contributed by atoms with Crippen molar-refractivity contribution < 1.29 is 9.59 Å². The summed E-state index contributed by atoms with van der Waals surface area (Å²) in [4.78, 5) is 24.3. The molecule has 122 valence electrons. The van der Waals surface area contributed by atoms with Gasteiger partial charge in [0.15, 0.2) is 5.69 Å². The largest absolute Gasteiger partial charge is 0.321 e. The zero-order valence-electron chi connectivity index (χ0n) is 12.6. The van der Waals surface area contributed by atoms with Crippen LogP contribution in [0.3, 0.4) is 0 Å². The lowest BCUT2D eigenvalue weighted by atomic mass is 10.2. The van der Waals surface area contributed by atoms with Gasteiger partial charge in [0.2, 0.25) is 0 Å². The molecule has 0 atom stereocenters. The Morgan fingerprint density at radius 1 is 1.17 bits per heavy atom. The number of anilines is 2. The molecule has 0 fully saturated rings. The van der Waals surface area contributed by atoms with E-state index in [2.05, 4.69) is 25.9 Å². The van der Waals surface area contributed by atoms with Crippen LogP contribution in [0.15, 0.2) is 42.7 Å². The van der Waals surface area contributed by atoms with Crippen molar-refractivity contribution in [1.29, 1.82) is 0 Å². The van der Waals surface area contributed by atoms with Crippen LogP contribution < -0.4 is 10.6 Å². The summed E-state index contributed by atoms with van der Waals surface area (Å²) >= 11 is 2.02. The standard InChI is InChI=1S/C15H13IN6O2/c1-22-6-5-12(21-22)14(23)18-9-3-2-4-10(7-9)19-15(24)13-11(16)8-17-20-13/h2-8H,1H3,(H,17,20)(H,18,23)(H,19,24). The first-order chi connectivity index (χ1) is 11.5. The lowest BCUT2D eigenvalue weighted by Gasteiger charge is -2.07. The van der Waals surface area contributed by atoms with E-state index in [4.69, 9.17) is 0 Å². The molecule has 0 spiro atoms. The maximum atomic E-state index is 12.2. The van der Waals surface area contributed by atoms with E-state index >= 15 is 0 Å². The van der Waals surface area contributed by atoms with Gasteiger partial charge in [-0.3, -0.25) is 19.4 Å². The number of halogens is 1. The molecule has 24 heavy (non-hydrogen) atoms. The average molecular weight is 436 g/mol. The molecule has 9 heteroatoms. The molecule has 0 unspecified atom stereocenters. The maximum Gasteiger partial charge on any atom is 0.276 e. The summed E-state index contributed by atoms with van der Waals surface area (Å²) in [5.74, 6) is -0.618. The Balaban J connectivity index is 1.71. The van der Waals surface area contributed by atoms with Gasteiger partial charge in [-0.2, -0.15) is 10.2 Å². The van der Waals surface area contributed by atoms with E-state index in [0.29, 0.717) is 22.8 Å². The van der Waals surface area contributed by atoms with E-state index in [1.54, 1.807) is 54.5 Å². The van der Waals surface area contributed by atoms with Crippen LogP contribution in [-0.4, -0.2) is 31.8 Å². The third kappa shape index (κ3) is 3.62. The van der Waals surface area contributed by atoms with E-state index in [1.165, 1.54) is 0 Å². The minimum atomic E-state index is -0.317. The monoisotopic (exact) mass is 436 g/mol. The van der Waals surface area contributed by atoms with Gasteiger partial charge in [-0.1, -0.05) is 6.07 Å². The fourth-order valence-electron chi connectivity index (χ4n) is 2.03. The first kappa shape index (κ1) is 16.2. The summed E-state index contributed by atoms with van der Waals surface area (Å²) in [5, 5.41) is 16.0. The number of hydrogen-bond acceptors (Lipinski definition) is 4. The molecular formula is C15H13IN6O2. The number of benzene rings is 1. The second kappa shape index (κ2) is 6.83. The number of rotatable bonds is 4. The van der Waals surface area contributed by atoms with Crippen LogP contribution in [0.4, 0.5) is 11.4 Å². The minimum absolute atomic E-state index is 0.301. The highest BCUT2D eigenvalue weighted by Gasteiger charge is 2.13. The molecular weight excluding hydrogens is 423 g/mol. The smallest absolute Gasteiger partial charge is 0.276 e. The Kier molecular flexibility index (Phi) is 4.60. The second-order valence-corrected chi connectivity index (χ2v) is 6.12.